The van der Waals surface area contributed by atoms with Gasteiger partial charge in [-0.15, -0.1) is 24.0 Å². The molecule has 146 valence electrons. The number of likely N-dealkylation sites (N-methyl/N-ethyl adjacent to an activating group) is 1. The Balaban J connectivity index is 0.00000625. The standard InChI is InChI=1S/C18H29N5O2.HI/c1-5-19-16(24)13-22-18(20-6-2)21-11-10-14-8-7-9-15(12-14)17(25)23(3)4;/h7-9,12H,5-6,10-11,13H2,1-4H3,(H,19,24)(H2,20,21,22);1H. The monoisotopic (exact) mass is 475 g/mol. The minimum Gasteiger partial charge on any atom is -0.357 e. The summed E-state index contributed by atoms with van der Waals surface area (Å²) >= 11 is 0. The van der Waals surface area contributed by atoms with E-state index >= 15 is 0 Å². The third-order valence-electron chi connectivity index (χ3n) is 3.39. The molecule has 0 radical (unpaired) electrons. The minimum atomic E-state index is -0.102. The number of amides is 2. The largest absolute Gasteiger partial charge is 0.357 e. The molecule has 0 atom stereocenters. The van der Waals surface area contributed by atoms with Crippen LogP contribution in [0.3, 0.4) is 0 Å². The third-order valence-corrected chi connectivity index (χ3v) is 3.39. The van der Waals surface area contributed by atoms with Crippen molar-refractivity contribution in [3.63, 3.8) is 0 Å². The number of nitrogens with zero attached hydrogens (tertiary/aromatic N) is 2. The highest BCUT2D eigenvalue weighted by Crippen LogP contribution is 2.07. The number of nitrogens with one attached hydrogen (secondary N) is 3. The summed E-state index contributed by atoms with van der Waals surface area (Å²) in [4.78, 5) is 29.3. The van der Waals surface area contributed by atoms with Crippen LogP contribution in [0.25, 0.3) is 0 Å². The van der Waals surface area contributed by atoms with Crippen LogP contribution in [0.2, 0.25) is 0 Å². The van der Waals surface area contributed by atoms with Gasteiger partial charge in [0.05, 0.1) is 0 Å². The zero-order valence-corrected chi connectivity index (χ0v) is 18.3. The number of benzene rings is 1. The van der Waals surface area contributed by atoms with Crippen LogP contribution in [-0.4, -0.2) is 62.9 Å². The summed E-state index contributed by atoms with van der Waals surface area (Å²) in [6.07, 6.45) is 0.750. The topological polar surface area (TPSA) is 85.8 Å². The van der Waals surface area contributed by atoms with Crippen LogP contribution in [0, 0.1) is 0 Å². The summed E-state index contributed by atoms with van der Waals surface area (Å²) in [5.74, 6) is 0.496. The maximum Gasteiger partial charge on any atom is 0.253 e. The Hall–Kier alpha value is -1.84. The number of carbonyl (C=O) groups excluding carboxylic acids is 2. The molecule has 0 saturated heterocycles. The molecule has 1 rings (SSSR count). The Bertz CT molecular complexity index is 605. The van der Waals surface area contributed by atoms with E-state index in [9.17, 15) is 9.59 Å². The Labute approximate surface area is 173 Å². The van der Waals surface area contributed by atoms with E-state index in [4.69, 9.17) is 0 Å². The lowest BCUT2D eigenvalue weighted by atomic mass is 10.1. The van der Waals surface area contributed by atoms with Gasteiger partial charge >= 0.3 is 0 Å². The summed E-state index contributed by atoms with van der Waals surface area (Å²) in [7, 11) is 3.48. The summed E-state index contributed by atoms with van der Waals surface area (Å²) in [5.41, 5.74) is 1.75. The van der Waals surface area contributed by atoms with Gasteiger partial charge in [0.1, 0.15) is 6.54 Å². The molecular weight excluding hydrogens is 445 g/mol. The van der Waals surface area contributed by atoms with E-state index in [0.29, 0.717) is 31.2 Å². The van der Waals surface area contributed by atoms with Gasteiger partial charge < -0.3 is 20.9 Å². The van der Waals surface area contributed by atoms with Gasteiger partial charge in [0, 0.05) is 39.3 Å². The number of guanidine groups is 1. The summed E-state index contributed by atoms with van der Waals surface area (Å²) in [6.45, 7) is 5.91. The maximum absolute atomic E-state index is 12.0. The molecule has 26 heavy (non-hydrogen) atoms. The first-order valence-corrected chi connectivity index (χ1v) is 8.57. The van der Waals surface area contributed by atoms with Gasteiger partial charge in [-0.2, -0.15) is 0 Å². The second kappa shape index (κ2) is 13.4. The molecule has 8 heteroatoms. The lowest BCUT2D eigenvalue weighted by Crippen LogP contribution is -2.39. The van der Waals surface area contributed by atoms with Crippen LogP contribution in [0.4, 0.5) is 0 Å². The molecule has 1 aromatic carbocycles. The molecule has 0 bridgehead atoms. The molecule has 0 aliphatic heterocycles. The molecule has 0 saturated carbocycles. The Morgan fingerprint density at radius 3 is 2.38 bits per heavy atom. The number of aliphatic imine (C=N–C) groups is 1. The van der Waals surface area contributed by atoms with E-state index in [1.165, 1.54) is 0 Å². The van der Waals surface area contributed by atoms with Crippen LogP contribution < -0.4 is 16.0 Å². The molecule has 0 aliphatic rings. The molecule has 0 aliphatic carbocycles. The molecule has 0 heterocycles. The number of hydrogen-bond acceptors (Lipinski definition) is 3. The van der Waals surface area contributed by atoms with E-state index in [1.807, 2.05) is 38.1 Å². The van der Waals surface area contributed by atoms with Crippen molar-refractivity contribution >= 4 is 41.8 Å². The van der Waals surface area contributed by atoms with E-state index < -0.39 is 0 Å². The highest BCUT2D eigenvalue weighted by Gasteiger charge is 2.08. The Morgan fingerprint density at radius 2 is 1.77 bits per heavy atom. The predicted octanol–water partition coefficient (Wildman–Crippen LogP) is 1.24. The van der Waals surface area contributed by atoms with E-state index in [1.54, 1.807) is 19.0 Å². The second-order valence-corrected chi connectivity index (χ2v) is 5.73. The van der Waals surface area contributed by atoms with E-state index in [0.717, 1.165) is 12.0 Å². The van der Waals surface area contributed by atoms with Crippen molar-refractivity contribution in [2.45, 2.75) is 20.3 Å². The van der Waals surface area contributed by atoms with Crippen molar-refractivity contribution in [2.75, 3.05) is 40.3 Å². The van der Waals surface area contributed by atoms with Gasteiger partial charge in [-0.1, -0.05) is 12.1 Å². The van der Waals surface area contributed by atoms with Gasteiger partial charge in [-0.05, 0) is 38.0 Å². The van der Waals surface area contributed by atoms with Crippen LogP contribution in [-0.2, 0) is 11.2 Å². The average molecular weight is 475 g/mol. The fourth-order valence-corrected chi connectivity index (χ4v) is 2.19. The molecule has 0 aromatic heterocycles. The predicted molar refractivity (Wildman–Crippen MR) is 116 cm³/mol. The highest BCUT2D eigenvalue weighted by atomic mass is 127. The fraction of sp³-hybridized carbons (Fsp3) is 0.500. The van der Waals surface area contributed by atoms with Crippen molar-refractivity contribution in [3.8, 4) is 0 Å². The Kier molecular flexibility index (Phi) is 12.4. The van der Waals surface area contributed by atoms with Gasteiger partial charge in [-0.25, -0.2) is 4.99 Å². The fourth-order valence-electron chi connectivity index (χ4n) is 2.19. The van der Waals surface area contributed by atoms with Crippen molar-refractivity contribution < 1.29 is 9.59 Å². The third kappa shape index (κ3) is 9.02. The zero-order valence-electron chi connectivity index (χ0n) is 16.0. The lowest BCUT2D eigenvalue weighted by Gasteiger charge is -2.13. The van der Waals surface area contributed by atoms with Gasteiger partial charge in [0.2, 0.25) is 5.91 Å². The summed E-state index contributed by atoms with van der Waals surface area (Å²) < 4.78 is 0. The Morgan fingerprint density at radius 1 is 1.08 bits per heavy atom. The smallest absolute Gasteiger partial charge is 0.253 e. The van der Waals surface area contributed by atoms with E-state index in [2.05, 4.69) is 20.9 Å². The molecule has 0 spiro atoms. The first-order valence-electron chi connectivity index (χ1n) is 8.57. The minimum absolute atomic E-state index is 0. The lowest BCUT2D eigenvalue weighted by molar-refractivity contribution is -0.119. The molecular formula is C18H30IN5O2. The van der Waals surface area contributed by atoms with Crippen molar-refractivity contribution in [2.24, 2.45) is 4.99 Å². The average Bonchev–Trinajstić information content (AvgIpc) is 2.59. The van der Waals surface area contributed by atoms with Gasteiger partial charge in [0.15, 0.2) is 5.96 Å². The van der Waals surface area contributed by atoms with Crippen LogP contribution in [0.5, 0.6) is 0 Å². The molecule has 2 amide bonds. The second-order valence-electron chi connectivity index (χ2n) is 5.73. The summed E-state index contributed by atoms with van der Waals surface area (Å²) in [6, 6.07) is 7.60. The van der Waals surface area contributed by atoms with Gasteiger partial charge in [-0.3, -0.25) is 9.59 Å². The number of hydrogen-bond donors (Lipinski definition) is 3. The normalized spacial score (nSPS) is 10.5. The van der Waals surface area contributed by atoms with Crippen molar-refractivity contribution in [1.29, 1.82) is 0 Å². The first kappa shape index (κ1) is 24.2. The van der Waals surface area contributed by atoms with Crippen LogP contribution >= 0.6 is 24.0 Å². The molecule has 7 nitrogen and oxygen atoms in total. The van der Waals surface area contributed by atoms with Crippen LogP contribution in [0.15, 0.2) is 29.3 Å². The molecule has 3 N–H and O–H groups in total. The molecule has 1 aromatic rings. The highest BCUT2D eigenvalue weighted by molar-refractivity contribution is 14.0. The molecule has 0 unspecified atom stereocenters. The summed E-state index contributed by atoms with van der Waals surface area (Å²) in [5, 5.41) is 9.02. The van der Waals surface area contributed by atoms with Gasteiger partial charge in [0.25, 0.3) is 5.91 Å². The van der Waals surface area contributed by atoms with E-state index in [-0.39, 0.29) is 42.3 Å². The van der Waals surface area contributed by atoms with Crippen LogP contribution in [0.1, 0.15) is 29.8 Å². The zero-order chi connectivity index (χ0) is 18.7. The number of rotatable bonds is 8. The maximum atomic E-state index is 12.0. The first-order chi connectivity index (χ1) is 12.0. The SMILES string of the molecule is CCNC(=O)CN=C(NCC)NCCc1cccc(C(=O)N(C)C)c1.I. The quantitative estimate of drug-likeness (QED) is 0.300. The molecule has 0 fully saturated rings. The number of halogens is 1. The van der Waals surface area contributed by atoms with Crippen molar-refractivity contribution in [3.05, 3.63) is 35.4 Å². The van der Waals surface area contributed by atoms with Crippen molar-refractivity contribution in [1.82, 2.24) is 20.9 Å². The number of carbonyl (C=O) groups is 2.